The molecule has 1 aliphatic carbocycles. The molecule has 0 bridgehead atoms. The Hall–Kier alpha value is -2.59. The molecule has 0 aliphatic heterocycles. The van der Waals surface area contributed by atoms with Gasteiger partial charge in [0.25, 0.3) is 5.89 Å². The molecule has 0 amide bonds. The van der Waals surface area contributed by atoms with Gasteiger partial charge in [-0.1, -0.05) is 17.3 Å². The maximum Gasteiger partial charge on any atom is 0.252 e. The average molecular weight is 375 g/mol. The van der Waals surface area contributed by atoms with Crippen LogP contribution in [0.2, 0.25) is 0 Å². The third-order valence-corrected chi connectivity index (χ3v) is 5.62. The van der Waals surface area contributed by atoms with E-state index in [1.54, 1.807) is 0 Å². The molecular formula is C16H17N5O4S. The Balaban J connectivity index is 1.56. The molecule has 1 aromatic carbocycles. The van der Waals surface area contributed by atoms with Crippen LogP contribution in [0, 0.1) is 0 Å². The molecule has 136 valence electrons. The highest BCUT2D eigenvalue weighted by molar-refractivity contribution is 7.90. The molecule has 26 heavy (non-hydrogen) atoms. The number of nitrogens with zero attached hydrogens (tertiary/aromatic N) is 4. The standard InChI is InChI=1S/C16H17N5O4S/c1-24-8-14-17-13(21-25-14)9-26(22,23)16-18-15(19-20-16)12-6-5-10-3-2-4-11(10)7-12/h5-7H,2-4,8-9H2,1H3,(H,18,19,20). The lowest BCUT2D eigenvalue weighted by molar-refractivity contribution is 0.151. The van der Waals surface area contributed by atoms with Gasteiger partial charge in [-0.15, -0.1) is 0 Å². The predicted molar refractivity (Wildman–Crippen MR) is 89.7 cm³/mol. The summed E-state index contributed by atoms with van der Waals surface area (Å²) >= 11 is 0. The van der Waals surface area contributed by atoms with Crippen molar-refractivity contribution in [2.75, 3.05) is 7.11 Å². The second kappa shape index (κ2) is 6.61. The third-order valence-electron chi connectivity index (χ3n) is 4.21. The van der Waals surface area contributed by atoms with E-state index in [1.165, 1.54) is 18.2 Å². The monoisotopic (exact) mass is 375 g/mol. The second-order valence-corrected chi connectivity index (χ2v) is 8.00. The van der Waals surface area contributed by atoms with Gasteiger partial charge in [-0.3, -0.25) is 0 Å². The summed E-state index contributed by atoms with van der Waals surface area (Å²) in [5.41, 5.74) is 3.40. The fourth-order valence-corrected chi connectivity index (χ4v) is 4.00. The van der Waals surface area contributed by atoms with Crippen molar-refractivity contribution in [1.29, 1.82) is 0 Å². The van der Waals surface area contributed by atoms with Crippen molar-refractivity contribution in [2.24, 2.45) is 0 Å². The van der Waals surface area contributed by atoms with Gasteiger partial charge in [0.05, 0.1) is 0 Å². The molecule has 3 aromatic rings. The fourth-order valence-electron chi connectivity index (χ4n) is 3.00. The minimum Gasteiger partial charge on any atom is -0.375 e. The number of ether oxygens (including phenoxy) is 1. The Labute approximate surface area is 149 Å². The van der Waals surface area contributed by atoms with Gasteiger partial charge in [0, 0.05) is 12.7 Å². The van der Waals surface area contributed by atoms with Crippen LogP contribution in [-0.4, -0.2) is 40.8 Å². The van der Waals surface area contributed by atoms with Crippen molar-refractivity contribution in [3.05, 3.63) is 41.0 Å². The zero-order valence-corrected chi connectivity index (χ0v) is 14.9. The molecule has 0 radical (unpaired) electrons. The van der Waals surface area contributed by atoms with Gasteiger partial charge in [-0.05, 0) is 36.5 Å². The van der Waals surface area contributed by atoms with Gasteiger partial charge in [-0.2, -0.15) is 15.1 Å². The summed E-state index contributed by atoms with van der Waals surface area (Å²) < 4.78 is 34.8. The quantitative estimate of drug-likeness (QED) is 0.687. The van der Waals surface area contributed by atoms with Gasteiger partial charge in [0.2, 0.25) is 15.0 Å². The minimum atomic E-state index is -3.77. The van der Waals surface area contributed by atoms with Gasteiger partial charge >= 0.3 is 0 Å². The van der Waals surface area contributed by atoms with Gasteiger partial charge in [-0.25, -0.2) is 13.5 Å². The van der Waals surface area contributed by atoms with Crippen LogP contribution in [0.3, 0.4) is 0 Å². The zero-order valence-electron chi connectivity index (χ0n) is 14.1. The summed E-state index contributed by atoms with van der Waals surface area (Å²) in [6.07, 6.45) is 3.25. The average Bonchev–Trinajstić information content (AvgIpc) is 3.34. The van der Waals surface area contributed by atoms with E-state index in [1.807, 2.05) is 12.1 Å². The highest BCUT2D eigenvalue weighted by Gasteiger charge is 2.24. The van der Waals surface area contributed by atoms with Crippen molar-refractivity contribution in [1.82, 2.24) is 25.3 Å². The number of aryl methyl sites for hydroxylation is 2. The largest absolute Gasteiger partial charge is 0.375 e. The second-order valence-electron chi connectivity index (χ2n) is 6.10. The van der Waals surface area contributed by atoms with Crippen molar-refractivity contribution in [2.45, 2.75) is 36.8 Å². The number of fused-ring (bicyclic) bond motifs is 1. The molecule has 0 fully saturated rings. The van der Waals surface area contributed by atoms with Crippen molar-refractivity contribution in [3.8, 4) is 11.4 Å². The molecular weight excluding hydrogens is 358 g/mol. The Kier molecular flexibility index (Phi) is 4.29. The van der Waals surface area contributed by atoms with Crippen LogP contribution in [0.1, 0.15) is 29.3 Å². The SMILES string of the molecule is COCc1nc(CS(=O)(=O)c2nc(-c3ccc4c(c3)CCC4)n[nH]2)no1. The number of aromatic nitrogens is 5. The fraction of sp³-hybridized carbons (Fsp3) is 0.375. The zero-order chi connectivity index (χ0) is 18.1. The molecule has 2 aromatic heterocycles. The number of hydrogen-bond donors (Lipinski definition) is 1. The van der Waals surface area contributed by atoms with Crippen molar-refractivity contribution >= 4 is 9.84 Å². The Bertz CT molecular complexity index is 1040. The number of nitrogens with one attached hydrogen (secondary N) is 1. The lowest BCUT2D eigenvalue weighted by Crippen LogP contribution is -2.08. The first-order chi connectivity index (χ1) is 12.5. The van der Waals surface area contributed by atoms with Crippen LogP contribution >= 0.6 is 0 Å². The van der Waals surface area contributed by atoms with E-state index in [9.17, 15) is 8.42 Å². The Morgan fingerprint density at radius 1 is 1.23 bits per heavy atom. The maximum atomic E-state index is 12.5. The first-order valence-electron chi connectivity index (χ1n) is 8.13. The maximum absolute atomic E-state index is 12.5. The highest BCUT2D eigenvalue weighted by atomic mass is 32.2. The molecule has 0 saturated heterocycles. The number of benzene rings is 1. The van der Waals surface area contributed by atoms with Crippen molar-refractivity contribution in [3.63, 3.8) is 0 Å². The van der Waals surface area contributed by atoms with Crippen LogP contribution in [-0.2, 0) is 39.8 Å². The van der Waals surface area contributed by atoms with Crippen LogP contribution in [0.15, 0.2) is 27.9 Å². The topological polar surface area (TPSA) is 124 Å². The van der Waals surface area contributed by atoms with Gasteiger partial charge in [0.1, 0.15) is 12.4 Å². The summed E-state index contributed by atoms with van der Waals surface area (Å²) in [6.45, 7) is 0.123. The van der Waals surface area contributed by atoms with E-state index in [-0.39, 0.29) is 23.5 Å². The lowest BCUT2D eigenvalue weighted by atomic mass is 10.1. The molecule has 0 unspecified atom stereocenters. The number of hydrogen-bond acceptors (Lipinski definition) is 8. The number of H-pyrrole nitrogens is 1. The first kappa shape index (κ1) is 16.9. The molecule has 1 aliphatic rings. The Morgan fingerprint density at radius 3 is 2.92 bits per heavy atom. The van der Waals surface area contributed by atoms with Crippen LogP contribution in [0.4, 0.5) is 0 Å². The molecule has 10 heteroatoms. The van der Waals surface area contributed by atoms with E-state index >= 15 is 0 Å². The highest BCUT2D eigenvalue weighted by Crippen LogP contribution is 2.27. The minimum absolute atomic E-state index is 0.0486. The molecule has 0 saturated carbocycles. The first-order valence-corrected chi connectivity index (χ1v) is 9.78. The molecule has 0 atom stereocenters. The van der Waals surface area contributed by atoms with E-state index in [0.29, 0.717) is 5.82 Å². The Morgan fingerprint density at radius 2 is 2.08 bits per heavy atom. The van der Waals surface area contributed by atoms with Crippen LogP contribution in [0.25, 0.3) is 11.4 Å². The van der Waals surface area contributed by atoms with E-state index in [0.717, 1.165) is 24.8 Å². The smallest absolute Gasteiger partial charge is 0.252 e. The van der Waals surface area contributed by atoms with Gasteiger partial charge < -0.3 is 9.26 Å². The molecule has 4 rings (SSSR count). The molecule has 0 spiro atoms. The molecule has 9 nitrogen and oxygen atoms in total. The van der Waals surface area contributed by atoms with Crippen LogP contribution in [0.5, 0.6) is 0 Å². The van der Waals surface area contributed by atoms with E-state index in [2.05, 4.69) is 31.4 Å². The van der Waals surface area contributed by atoms with E-state index in [4.69, 9.17) is 9.26 Å². The predicted octanol–water partition coefficient (Wildman–Crippen LogP) is 1.46. The summed E-state index contributed by atoms with van der Waals surface area (Å²) in [7, 11) is -2.29. The van der Waals surface area contributed by atoms with Crippen molar-refractivity contribution < 1.29 is 17.7 Å². The lowest BCUT2D eigenvalue weighted by Gasteiger charge is -2.01. The number of rotatable bonds is 6. The number of aromatic amines is 1. The summed E-state index contributed by atoms with van der Waals surface area (Å²) in [5.74, 6) is 0.187. The molecule has 2 heterocycles. The van der Waals surface area contributed by atoms with Gasteiger partial charge in [0.15, 0.2) is 11.6 Å². The summed E-state index contributed by atoms with van der Waals surface area (Å²) in [5, 5.41) is 9.99. The summed E-state index contributed by atoms with van der Waals surface area (Å²) in [4.78, 5) is 8.12. The third kappa shape index (κ3) is 3.25. The molecule has 1 N–H and O–H groups in total. The van der Waals surface area contributed by atoms with Crippen LogP contribution < -0.4 is 0 Å². The normalized spacial score (nSPS) is 13.9. The number of methoxy groups -OCH3 is 1. The van der Waals surface area contributed by atoms with E-state index < -0.39 is 15.6 Å². The summed E-state index contributed by atoms with van der Waals surface area (Å²) in [6, 6.07) is 6.00. The number of sulfone groups is 1.